The van der Waals surface area contributed by atoms with Crippen molar-refractivity contribution in [1.82, 2.24) is 4.90 Å². The first kappa shape index (κ1) is 18.9. The number of hydrogen-bond donors (Lipinski definition) is 0. The fraction of sp³-hybridized carbons (Fsp3) is 0.227. The van der Waals surface area contributed by atoms with Crippen molar-refractivity contribution in [1.29, 1.82) is 0 Å². The highest BCUT2D eigenvalue weighted by Crippen LogP contribution is 2.29. The van der Waals surface area contributed by atoms with Crippen molar-refractivity contribution >= 4 is 22.8 Å². The summed E-state index contributed by atoms with van der Waals surface area (Å²) in [5.41, 5.74) is 0.293. The molecule has 0 radical (unpaired) electrons. The van der Waals surface area contributed by atoms with Crippen LogP contribution < -0.4 is 5.43 Å². The quantitative estimate of drug-likeness (QED) is 0.599. The normalized spacial score (nSPS) is 13.3. The van der Waals surface area contributed by atoms with Gasteiger partial charge in [-0.15, -0.1) is 0 Å². The van der Waals surface area contributed by atoms with Gasteiger partial charge in [0.05, 0.1) is 5.39 Å². The van der Waals surface area contributed by atoms with E-state index in [0.29, 0.717) is 10.9 Å². The number of nitrogens with zero attached hydrogens (tertiary/aromatic N) is 1. The SMILES string of the molecule is O=C(OCC(=O)N(Cc1ccccc1F)C1CC1)c1cc(=O)c2ccccc2o1. The lowest BCUT2D eigenvalue weighted by molar-refractivity contribution is -0.135. The van der Waals surface area contributed by atoms with Gasteiger partial charge in [0, 0.05) is 24.2 Å². The van der Waals surface area contributed by atoms with E-state index in [0.717, 1.165) is 18.9 Å². The largest absolute Gasteiger partial charge is 0.450 e. The van der Waals surface area contributed by atoms with Crippen LogP contribution in [0.5, 0.6) is 0 Å². The minimum Gasteiger partial charge on any atom is -0.450 e. The fourth-order valence-electron chi connectivity index (χ4n) is 3.10. The zero-order chi connectivity index (χ0) is 20.4. The second-order valence-corrected chi connectivity index (χ2v) is 6.89. The summed E-state index contributed by atoms with van der Waals surface area (Å²) >= 11 is 0. The fourth-order valence-corrected chi connectivity index (χ4v) is 3.10. The Hall–Kier alpha value is -3.48. The third kappa shape index (κ3) is 4.18. The molecule has 1 aliphatic rings. The molecule has 1 aromatic heterocycles. The van der Waals surface area contributed by atoms with Crippen LogP contribution in [-0.2, 0) is 16.1 Å². The molecule has 0 N–H and O–H groups in total. The number of hydrogen-bond acceptors (Lipinski definition) is 5. The van der Waals surface area contributed by atoms with Crippen LogP contribution in [0.15, 0.2) is 63.8 Å². The number of rotatable bonds is 6. The maximum atomic E-state index is 13.9. The van der Waals surface area contributed by atoms with Gasteiger partial charge in [0.1, 0.15) is 11.4 Å². The Bertz CT molecular complexity index is 1140. The van der Waals surface area contributed by atoms with Crippen molar-refractivity contribution in [2.75, 3.05) is 6.61 Å². The van der Waals surface area contributed by atoms with Crippen LogP contribution in [0.3, 0.4) is 0 Å². The summed E-state index contributed by atoms with van der Waals surface area (Å²) in [5.74, 6) is -1.98. The Labute approximate surface area is 165 Å². The summed E-state index contributed by atoms with van der Waals surface area (Å²) in [6, 6.07) is 13.8. The van der Waals surface area contributed by atoms with Crippen molar-refractivity contribution in [3.05, 3.63) is 82.0 Å². The molecule has 0 atom stereocenters. The maximum Gasteiger partial charge on any atom is 0.374 e. The Morgan fingerprint density at radius 2 is 1.83 bits per heavy atom. The molecular formula is C22H18FNO5. The van der Waals surface area contributed by atoms with Crippen LogP contribution in [0.1, 0.15) is 29.0 Å². The van der Waals surface area contributed by atoms with E-state index in [2.05, 4.69) is 0 Å². The maximum absolute atomic E-state index is 13.9. The number of carbonyl (C=O) groups excluding carboxylic acids is 2. The molecule has 2 aromatic carbocycles. The minimum absolute atomic E-state index is 0.0133. The first-order chi connectivity index (χ1) is 14.0. The Morgan fingerprint density at radius 1 is 1.10 bits per heavy atom. The first-order valence-electron chi connectivity index (χ1n) is 9.26. The van der Waals surface area contributed by atoms with Crippen molar-refractivity contribution in [2.45, 2.75) is 25.4 Å². The molecule has 1 aliphatic carbocycles. The van der Waals surface area contributed by atoms with Crippen LogP contribution in [0.4, 0.5) is 4.39 Å². The molecule has 0 spiro atoms. The molecule has 0 saturated heterocycles. The van der Waals surface area contributed by atoms with E-state index in [1.54, 1.807) is 42.5 Å². The van der Waals surface area contributed by atoms with Crippen molar-refractivity contribution in [3.8, 4) is 0 Å². The molecule has 1 fully saturated rings. The molecule has 0 bridgehead atoms. The van der Waals surface area contributed by atoms with E-state index in [-0.39, 0.29) is 35.2 Å². The van der Waals surface area contributed by atoms with Crippen LogP contribution in [0.2, 0.25) is 0 Å². The topological polar surface area (TPSA) is 76.8 Å². The molecule has 0 aliphatic heterocycles. The number of fused-ring (bicyclic) bond motifs is 1. The molecule has 1 amide bonds. The number of amides is 1. The molecule has 0 unspecified atom stereocenters. The van der Waals surface area contributed by atoms with Gasteiger partial charge in [-0.3, -0.25) is 9.59 Å². The molecule has 3 aromatic rings. The van der Waals surface area contributed by atoms with E-state index in [4.69, 9.17) is 9.15 Å². The molecule has 1 saturated carbocycles. The van der Waals surface area contributed by atoms with E-state index in [1.807, 2.05) is 0 Å². The number of halogens is 1. The zero-order valence-electron chi connectivity index (χ0n) is 15.5. The van der Waals surface area contributed by atoms with Gasteiger partial charge in [0.2, 0.25) is 5.76 Å². The number of esters is 1. The minimum atomic E-state index is -0.900. The highest BCUT2D eigenvalue weighted by atomic mass is 19.1. The summed E-state index contributed by atoms with van der Waals surface area (Å²) in [6.07, 6.45) is 1.65. The highest BCUT2D eigenvalue weighted by molar-refractivity contribution is 5.90. The molecule has 4 rings (SSSR count). The second-order valence-electron chi connectivity index (χ2n) is 6.89. The van der Waals surface area contributed by atoms with E-state index in [1.165, 1.54) is 11.0 Å². The van der Waals surface area contributed by atoms with Gasteiger partial charge in [0.25, 0.3) is 5.91 Å². The van der Waals surface area contributed by atoms with Gasteiger partial charge in [0.15, 0.2) is 12.0 Å². The summed E-state index contributed by atoms with van der Waals surface area (Å²) < 4.78 is 24.4. The predicted molar refractivity (Wildman–Crippen MR) is 103 cm³/mol. The van der Waals surface area contributed by atoms with Gasteiger partial charge >= 0.3 is 5.97 Å². The molecular weight excluding hydrogens is 377 g/mol. The Morgan fingerprint density at radius 3 is 2.59 bits per heavy atom. The highest BCUT2D eigenvalue weighted by Gasteiger charge is 2.33. The number of ether oxygens (including phenoxy) is 1. The number of carbonyl (C=O) groups is 2. The van der Waals surface area contributed by atoms with E-state index < -0.39 is 18.5 Å². The standard InChI is InChI=1S/C22H18FNO5/c23-17-7-3-1-5-14(17)12-24(15-9-10-15)21(26)13-28-22(27)20-11-18(25)16-6-2-4-8-19(16)29-20/h1-8,11,15H,9-10,12-13H2. The molecule has 148 valence electrons. The molecule has 6 nitrogen and oxygen atoms in total. The van der Waals surface area contributed by atoms with Gasteiger partial charge < -0.3 is 14.1 Å². The van der Waals surface area contributed by atoms with Gasteiger partial charge in [-0.25, -0.2) is 9.18 Å². The van der Waals surface area contributed by atoms with Crippen molar-refractivity contribution in [3.63, 3.8) is 0 Å². The van der Waals surface area contributed by atoms with Crippen LogP contribution in [0.25, 0.3) is 11.0 Å². The average Bonchev–Trinajstić information content (AvgIpc) is 3.56. The number of para-hydroxylation sites is 1. The summed E-state index contributed by atoms with van der Waals surface area (Å²) in [7, 11) is 0. The summed E-state index contributed by atoms with van der Waals surface area (Å²) in [6.45, 7) is -0.404. The third-order valence-electron chi connectivity index (χ3n) is 4.77. The van der Waals surface area contributed by atoms with Crippen LogP contribution in [0, 0.1) is 5.82 Å². The summed E-state index contributed by atoms with van der Waals surface area (Å²) in [4.78, 5) is 38.5. The Balaban J connectivity index is 1.44. The lowest BCUT2D eigenvalue weighted by Gasteiger charge is -2.22. The van der Waals surface area contributed by atoms with Gasteiger partial charge in [-0.2, -0.15) is 0 Å². The van der Waals surface area contributed by atoms with E-state index >= 15 is 0 Å². The van der Waals surface area contributed by atoms with Crippen LogP contribution >= 0.6 is 0 Å². The second kappa shape index (κ2) is 7.87. The molecule has 29 heavy (non-hydrogen) atoms. The van der Waals surface area contributed by atoms with Gasteiger partial charge in [-0.05, 0) is 31.0 Å². The average molecular weight is 395 g/mol. The van der Waals surface area contributed by atoms with Crippen LogP contribution in [-0.4, -0.2) is 29.4 Å². The monoisotopic (exact) mass is 395 g/mol. The third-order valence-corrected chi connectivity index (χ3v) is 4.77. The van der Waals surface area contributed by atoms with Crippen molar-refractivity contribution in [2.24, 2.45) is 0 Å². The lowest BCUT2D eigenvalue weighted by Crippen LogP contribution is -2.36. The predicted octanol–water partition coefficient (Wildman–Crippen LogP) is 3.28. The Kier molecular flexibility index (Phi) is 5.12. The smallest absolute Gasteiger partial charge is 0.374 e. The van der Waals surface area contributed by atoms with Gasteiger partial charge in [-0.1, -0.05) is 30.3 Å². The lowest BCUT2D eigenvalue weighted by atomic mass is 10.2. The first-order valence-corrected chi connectivity index (χ1v) is 9.26. The number of benzene rings is 2. The van der Waals surface area contributed by atoms with Crippen molar-refractivity contribution < 1.29 is 23.1 Å². The van der Waals surface area contributed by atoms with E-state index in [9.17, 15) is 18.8 Å². The summed E-state index contributed by atoms with van der Waals surface area (Å²) in [5, 5.41) is 0.352. The zero-order valence-corrected chi connectivity index (χ0v) is 15.5. The molecule has 1 heterocycles. The molecule has 7 heteroatoms.